The summed E-state index contributed by atoms with van der Waals surface area (Å²) in [6, 6.07) is 36.0. The van der Waals surface area contributed by atoms with E-state index in [2.05, 4.69) is 67.7 Å². The number of ether oxygens (including phenoxy) is 3. The van der Waals surface area contributed by atoms with Gasteiger partial charge in [-0.25, -0.2) is 0 Å². The summed E-state index contributed by atoms with van der Waals surface area (Å²) in [6.07, 6.45) is 1.74. The number of nitrogens with zero attached hydrogens (tertiary/aromatic N) is 1. The summed E-state index contributed by atoms with van der Waals surface area (Å²) in [5, 5.41) is -0.124. The lowest BCUT2D eigenvalue weighted by molar-refractivity contribution is -0.116. The monoisotopic (exact) mass is 811 g/mol. The van der Waals surface area contributed by atoms with Gasteiger partial charge in [-0.05, 0) is 72.2 Å². The van der Waals surface area contributed by atoms with Crippen LogP contribution in [0.25, 0.3) is 6.08 Å². The lowest BCUT2D eigenvalue weighted by Gasteiger charge is -2.39. The zero-order valence-electron chi connectivity index (χ0n) is 35.4. The molecule has 2 aliphatic rings. The number of hydrogen-bond acceptors (Lipinski definition) is 7. The topological polar surface area (TPSA) is 83.5 Å². The maximum atomic E-state index is 15.0. The van der Waals surface area contributed by atoms with Crippen LogP contribution in [0.1, 0.15) is 75.5 Å². The first-order valence-electron chi connectivity index (χ1n) is 19.7. The van der Waals surface area contributed by atoms with Gasteiger partial charge in [-0.2, -0.15) is 0 Å². The number of carbonyl (C=O) groups excluding carboxylic acids is 2. The number of allylic oxidation sites excluding steroid dienone is 1. The van der Waals surface area contributed by atoms with Crippen molar-refractivity contribution in [3.8, 4) is 34.5 Å². The Bertz CT molecular complexity index is 2360. The smallest absolute Gasteiger partial charge is 0.305 e. The van der Waals surface area contributed by atoms with Crippen LogP contribution in [0.15, 0.2) is 121 Å². The maximum absolute atomic E-state index is 15.0. The summed E-state index contributed by atoms with van der Waals surface area (Å²) in [5.41, 5.74) is 2.83. The molecule has 0 saturated carbocycles. The van der Waals surface area contributed by atoms with Crippen LogP contribution < -0.4 is 28.0 Å². The SMILES string of the molecule is CC(=O)N1C(=Cc2ccc(O[Si](C)(C)C(C)(C)C)c(O[Si](C)(C)C(C)(C)C)c2)C(=O)c2c1cc(Oc1ccccc1)c1c2OC(c2ccccc2)(c2ccccc2)O1. The minimum atomic E-state index is -2.34. The van der Waals surface area contributed by atoms with Crippen molar-refractivity contribution in [2.45, 2.75) is 90.5 Å². The van der Waals surface area contributed by atoms with E-state index in [9.17, 15) is 9.59 Å². The van der Waals surface area contributed by atoms with E-state index < -0.39 is 22.4 Å². The Labute approximate surface area is 344 Å². The van der Waals surface area contributed by atoms with Crippen molar-refractivity contribution in [2.24, 2.45) is 0 Å². The van der Waals surface area contributed by atoms with Gasteiger partial charge in [0.2, 0.25) is 17.4 Å². The quantitative estimate of drug-likeness (QED) is 0.108. The minimum absolute atomic E-state index is 0.0420. The molecule has 7 rings (SSSR count). The van der Waals surface area contributed by atoms with Crippen molar-refractivity contribution in [2.75, 3.05) is 4.90 Å². The van der Waals surface area contributed by atoms with Crippen LogP contribution in [0, 0.1) is 0 Å². The molecule has 300 valence electrons. The average Bonchev–Trinajstić information content (AvgIpc) is 3.69. The van der Waals surface area contributed by atoms with Crippen LogP contribution in [0.3, 0.4) is 0 Å². The van der Waals surface area contributed by atoms with Gasteiger partial charge in [0, 0.05) is 24.1 Å². The first-order chi connectivity index (χ1) is 27.2. The number of ketones is 1. The Hall–Kier alpha value is -5.59. The molecule has 0 aromatic heterocycles. The molecule has 5 aromatic carbocycles. The maximum Gasteiger partial charge on any atom is 0.305 e. The third-order valence-electron chi connectivity index (χ3n) is 11.8. The molecule has 0 spiro atoms. The Morgan fingerprint density at radius 3 is 1.67 bits per heavy atom. The first kappa shape index (κ1) is 40.6. The van der Waals surface area contributed by atoms with E-state index in [1.165, 1.54) is 11.8 Å². The van der Waals surface area contributed by atoms with Crippen LogP contribution in [0.2, 0.25) is 36.3 Å². The van der Waals surface area contributed by atoms with Gasteiger partial charge in [-0.1, -0.05) is 126 Å². The van der Waals surface area contributed by atoms with Gasteiger partial charge in [0.1, 0.15) is 17.2 Å². The molecular formula is C48H53NO7Si2. The third kappa shape index (κ3) is 7.35. The van der Waals surface area contributed by atoms with Crippen LogP contribution in [-0.2, 0) is 10.6 Å². The fraction of sp³-hybridized carbons (Fsp3) is 0.292. The Kier molecular flexibility index (Phi) is 10.3. The molecule has 0 aliphatic carbocycles. The molecule has 58 heavy (non-hydrogen) atoms. The molecule has 0 unspecified atom stereocenters. The Balaban J connectivity index is 1.40. The molecule has 0 radical (unpaired) electrons. The van der Waals surface area contributed by atoms with E-state index in [1.807, 2.05) is 109 Å². The van der Waals surface area contributed by atoms with Crippen LogP contribution in [0.4, 0.5) is 5.69 Å². The highest BCUT2D eigenvalue weighted by atomic mass is 28.4. The molecule has 5 aromatic rings. The molecule has 0 atom stereocenters. The Morgan fingerprint density at radius 2 is 1.16 bits per heavy atom. The lowest BCUT2D eigenvalue weighted by atomic mass is 9.97. The molecular weight excluding hydrogens is 759 g/mol. The van der Waals surface area contributed by atoms with Gasteiger partial charge in [-0.15, -0.1) is 0 Å². The predicted octanol–water partition coefficient (Wildman–Crippen LogP) is 12.5. The summed E-state index contributed by atoms with van der Waals surface area (Å²) in [6.45, 7) is 23.5. The highest BCUT2D eigenvalue weighted by Gasteiger charge is 2.52. The Morgan fingerprint density at radius 1 is 0.655 bits per heavy atom. The standard InChI is InChI=1S/C48H53NO7Si2/c1-32(50)49-37-31-41(52-36-25-19-14-20-26-36)44-45(54-48(53-44,34-21-15-12-16-22-34)35-23-17-13-18-24-35)42(37)43(51)38(49)29-33-27-28-39(55-57(8,9)46(2,3)4)40(30-33)56-58(10,11)47(5,6)7/h12-31H,1-11H3. The summed E-state index contributed by atoms with van der Waals surface area (Å²) in [4.78, 5) is 30.1. The predicted molar refractivity (Wildman–Crippen MR) is 235 cm³/mol. The lowest BCUT2D eigenvalue weighted by Crippen LogP contribution is -2.45. The van der Waals surface area contributed by atoms with Gasteiger partial charge in [0.15, 0.2) is 11.5 Å². The zero-order valence-corrected chi connectivity index (χ0v) is 37.4. The van der Waals surface area contributed by atoms with Gasteiger partial charge in [-0.3, -0.25) is 14.5 Å². The second-order valence-electron chi connectivity index (χ2n) is 18.0. The highest BCUT2D eigenvalue weighted by molar-refractivity contribution is 6.75. The van der Waals surface area contributed by atoms with E-state index in [1.54, 1.807) is 12.1 Å². The number of hydrogen-bond donors (Lipinski definition) is 0. The van der Waals surface area contributed by atoms with Crippen molar-refractivity contribution in [3.05, 3.63) is 143 Å². The van der Waals surface area contributed by atoms with Crippen molar-refractivity contribution in [1.29, 1.82) is 0 Å². The normalized spacial score (nSPS) is 15.7. The molecule has 0 bridgehead atoms. The van der Waals surface area contributed by atoms with E-state index in [-0.39, 0.29) is 44.5 Å². The van der Waals surface area contributed by atoms with Crippen molar-refractivity contribution in [1.82, 2.24) is 0 Å². The van der Waals surface area contributed by atoms with E-state index in [0.29, 0.717) is 34.2 Å². The van der Waals surface area contributed by atoms with Crippen LogP contribution in [0.5, 0.6) is 34.5 Å². The largest absolute Gasteiger partial charge is 0.541 e. The van der Waals surface area contributed by atoms with Gasteiger partial charge >= 0.3 is 5.79 Å². The first-order valence-corrected chi connectivity index (χ1v) is 25.6. The van der Waals surface area contributed by atoms with Crippen LogP contribution >= 0.6 is 0 Å². The average molecular weight is 812 g/mol. The minimum Gasteiger partial charge on any atom is -0.541 e. The molecule has 8 nitrogen and oxygen atoms in total. The zero-order chi connectivity index (χ0) is 41.8. The number of rotatable bonds is 9. The van der Waals surface area contributed by atoms with E-state index in [4.69, 9.17) is 23.1 Å². The van der Waals surface area contributed by atoms with Crippen molar-refractivity contribution in [3.63, 3.8) is 0 Å². The molecule has 10 heteroatoms. The number of amides is 1. The van der Waals surface area contributed by atoms with Gasteiger partial charge < -0.3 is 23.1 Å². The fourth-order valence-electron chi connectivity index (χ4n) is 6.53. The second-order valence-corrected chi connectivity index (χ2v) is 27.5. The molecule has 2 heterocycles. The van der Waals surface area contributed by atoms with Gasteiger partial charge in [0.25, 0.3) is 16.6 Å². The summed E-state index contributed by atoms with van der Waals surface area (Å²) < 4.78 is 34.2. The molecule has 0 saturated heterocycles. The molecule has 0 N–H and O–H groups in total. The molecule has 1 amide bonds. The number of anilines is 1. The van der Waals surface area contributed by atoms with Crippen LogP contribution in [-0.4, -0.2) is 28.3 Å². The summed E-state index contributed by atoms with van der Waals surface area (Å²) in [5.74, 6) is 0.389. The number of carbonyl (C=O) groups is 2. The number of benzene rings is 5. The van der Waals surface area contributed by atoms with Crippen molar-refractivity contribution < 1.29 is 32.7 Å². The van der Waals surface area contributed by atoms with E-state index in [0.717, 1.165) is 11.1 Å². The van der Waals surface area contributed by atoms with Gasteiger partial charge in [0.05, 0.1) is 16.9 Å². The summed E-state index contributed by atoms with van der Waals surface area (Å²) in [7, 11) is -4.60. The highest BCUT2D eigenvalue weighted by Crippen LogP contribution is 2.59. The fourth-order valence-corrected chi connectivity index (χ4v) is 8.57. The number of para-hydroxylation sites is 1. The molecule has 0 fully saturated rings. The number of Topliss-reactive ketones (excluding diaryl/α,β-unsaturated/α-hetero) is 1. The summed E-state index contributed by atoms with van der Waals surface area (Å²) >= 11 is 0. The van der Waals surface area contributed by atoms with E-state index >= 15 is 0 Å². The number of fused-ring (bicyclic) bond motifs is 3. The molecule has 2 aliphatic heterocycles. The second kappa shape index (κ2) is 14.7. The van der Waals surface area contributed by atoms with Crippen molar-refractivity contribution >= 4 is 40.1 Å². The third-order valence-corrected chi connectivity index (χ3v) is 20.5.